The molecule has 0 bridgehead atoms. The molecule has 1 aromatic heterocycles. The number of halogens is 1. The standard InChI is InChI=1S/C5H7N3S2.ClH/c6-1-3-2-10-5(8-3)4(7)9;/h2H,1,6H2,(H2,7,9);1H. The number of nitrogens with zero attached hydrogens (tertiary/aromatic N) is 1. The first-order chi connectivity index (χ1) is 4.74. The molecule has 0 atom stereocenters. The van der Waals surface area contributed by atoms with Gasteiger partial charge in [0, 0.05) is 11.9 Å². The van der Waals surface area contributed by atoms with E-state index in [1.165, 1.54) is 11.3 Å². The molecule has 4 N–H and O–H groups in total. The fourth-order valence-corrected chi connectivity index (χ4v) is 1.39. The Hall–Kier alpha value is -0.230. The minimum Gasteiger partial charge on any atom is -0.387 e. The number of thiocarbonyl (C=S) groups is 1. The Morgan fingerprint density at radius 1 is 1.73 bits per heavy atom. The van der Waals surface area contributed by atoms with Crippen molar-refractivity contribution < 1.29 is 0 Å². The van der Waals surface area contributed by atoms with Gasteiger partial charge in [0.1, 0.15) is 4.99 Å². The lowest BCUT2D eigenvalue weighted by molar-refractivity contribution is 1.01. The fraction of sp³-hybridized carbons (Fsp3) is 0.200. The highest BCUT2D eigenvalue weighted by Crippen LogP contribution is 2.08. The topological polar surface area (TPSA) is 64.9 Å². The first-order valence-electron chi connectivity index (χ1n) is 2.68. The minimum absolute atomic E-state index is 0. The Kier molecular flexibility index (Phi) is 4.51. The van der Waals surface area contributed by atoms with Gasteiger partial charge in [-0.25, -0.2) is 4.98 Å². The molecule has 0 spiro atoms. The van der Waals surface area contributed by atoms with Crippen molar-refractivity contribution in [3.05, 3.63) is 16.1 Å². The molecule has 1 aromatic rings. The Labute approximate surface area is 80.2 Å². The van der Waals surface area contributed by atoms with Crippen LogP contribution in [0.25, 0.3) is 0 Å². The number of nitrogens with two attached hydrogens (primary N) is 2. The van der Waals surface area contributed by atoms with Crippen molar-refractivity contribution in [2.24, 2.45) is 11.5 Å². The average molecular weight is 210 g/mol. The van der Waals surface area contributed by atoms with E-state index in [1.807, 2.05) is 5.38 Å². The molecule has 1 heterocycles. The maximum atomic E-state index is 5.32. The lowest BCUT2D eigenvalue weighted by Crippen LogP contribution is -2.09. The van der Waals surface area contributed by atoms with Gasteiger partial charge in [-0.05, 0) is 0 Å². The number of rotatable bonds is 2. The van der Waals surface area contributed by atoms with Gasteiger partial charge in [0.15, 0.2) is 5.01 Å². The van der Waals surface area contributed by atoms with Crippen LogP contribution >= 0.6 is 36.0 Å². The number of hydrogen-bond donors (Lipinski definition) is 2. The summed E-state index contributed by atoms with van der Waals surface area (Å²) >= 11 is 6.13. The molecule has 0 fully saturated rings. The predicted octanol–water partition coefficient (Wildman–Crippen LogP) is 0.658. The third-order valence-electron chi connectivity index (χ3n) is 0.972. The van der Waals surface area contributed by atoms with Crippen molar-refractivity contribution in [3.63, 3.8) is 0 Å². The molecule has 11 heavy (non-hydrogen) atoms. The van der Waals surface area contributed by atoms with Gasteiger partial charge in [0.2, 0.25) is 0 Å². The zero-order valence-electron chi connectivity index (χ0n) is 5.61. The van der Waals surface area contributed by atoms with Crippen molar-refractivity contribution in [2.75, 3.05) is 0 Å². The van der Waals surface area contributed by atoms with E-state index in [9.17, 15) is 0 Å². The smallest absolute Gasteiger partial charge is 0.150 e. The Morgan fingerprint density at radius 3 is 2.64 bits per heavy atom. The Balaban J connectivity index is 0.000001000. The Bertz CT molecular complexity index is 248. The summed E-state index contributed by atoms with van der Waals surface area (Å²) in [7, 11) is 0. The zero-order chi connectivity index (χ0) is 7.56. The molecule has 62 valence electrons. The third kappa shape index (κ3) is 2.70. The monoisotopic (exact) mass is 209 g/mol. The van der Waals surface area contributed by atoms with Gasteiger partial charge in [-0.15, -0.1) is 23.7 Å². The molecule has 0 aliphatic carbocycles. The molecule has 0 saturated carbocycles. The summed E-state index contributed by atoms with van der Waals surface area (Å²) in [6.45, 7) is 0.444. The van der Waals surface area contributed by atoms with Crippen LogP contribution in [0.1, 0.15) is 10.7 Å². The quantitative estimate of drug-likeness (QED) is 0.703. The summed E-state index contributed by atoms with van der Waals surface area (Å²) in [5.74, 6) is 0. The molecule has 1 rings (SSSR count). The normalized spacial score (nSPS) is 8.82. The molecule has 0 radical (unpaired) electrons. The van der Waals surface area contributed by atoms with Crippen LogP contribution in [0, 0.1) is 0 Å². The maximum absolute atomic E-state index is 5.32. The van der Waals surface area contributed by atoms with E-state index in [2.05, 4.69) is 4.98 Å². The van der Waals surface area contributed by atoms with Crippen molar-refractivity contribution in [2.45, 2.75) is 6.54 Å². The summed E-state index contributed by atoms with van der Waals surface area (Å²) in [6.07, 6.45) is 0. The number of aromatic nitrogens is 1. The van der Waals surface area contributed by atoms with Gasteiger partial charge in [0.25, 0.3) is 0 Å². The van der Waals surface area contributed by atoms with Crippen molar-refractivity contribution in [1.82, 2.24) is 4.98 Å². The largest absolute Gasteiger partial charge is 0.387 e. The van der Waals surface area contributed by atoms with Crippen molar-refractivity contribution in [1.29, 1.82) is 0 Å². The van der Waals surface area contributed by atoms with Crippen molar-refractivity contribution in [3.8, 4) is 0 Å². The molecular formula is C5H8ClN3S2. The van der Waals surface area contributed by atoms with Gasteiger partial charge in [-0.1, -0.05) is 12.2 Å². The SMILES string of the molecule is Cl.NCc1csc(C(N)=S)n1. The molecule has 3 nitrogen and oxygen atoms in total. The summed E-state index contributed by atoms with van der Waals surface area (Å²) in [6, 6.07) is 0. The molecule has 0 amide bonds. The first-order valence-corrected chi connectivity index (χ1v) is 3.97. The van der Waals surface area contributed by atoms with Crippen LogP contribution in [-0.2, 0) is 6.54 Å². The highest BCUT2D eigenvalue weighted by molar-refractivity contribution is 7.81. The Morgan fingerprint density at radius 2 is 2.36 bits per heavy atom. The highest BCUT2D eigenvalue weighted by atomic mass is 35.5. The van der Waals surface area contributed by atoms with Crippen molar-refractivity contribution >= 4 is 41.0 Å². The molecular weight excluding hydrogens is 202 g/mol. The fourth-order valence-electron chi connectivity index (χ4n) is 0.514. The van der Waals surface area contributed by atoms with E-state index >= 15 is 0 Å². The van der Waals surface area contributed by atoms with Gasteiger partial charge in [-0.3, -0.25) is 0 Å². The van der Waals surface area contributed by atoms with Gasteiger partial charge in [0.05, 0.1) is 5.69 Å². The summed E-state index contributed by atoms with van der Waals surface area (Å²) in [5, 5.41) is 2.55. The average Bonchev–Trinajstić information content (AvgIpc) is 2.34. The van der Waals surface area contributed by atoms with Crippen LogP contribution < -0.4 is 11.5 Å². The first kappa shape index (κ1) is 10.8. The van der Waals surface area contributed by atoms with Crippen LogP contribution in [-0.4, -0.2) is 9.97 Å². The van der Waals surface area contributed by atoms with Gasteiger partial charge >= 0.3 is 0 Å². The second-order valence-corrected chi connectivity index (χ2v) is 3.01. The summed E-state index contributed by atoms with van der Waals surface area (Å²) < 4.78 is 0. The van der Waals surface area contributed by atoms with E-state index in [4.69, 9.17) is 23.7 Å². The molecule has 0 saturated heterocycles. The van der Waals surface area contributed by atoms with E-state index in [0.717, 1.165) is 5.69 Å². The lowest BCUT2D eigenvalue weighted by atomic mass is 10.5. The van der Waals surface area contributed by atoms with Crippen LogP contribution in [0.3, 0.4) is 0 Å². The summed E-state index contributed by atoms with van der Waals surface area (Å²) in [4.78, 5) is 4.39. The molecule has 0 aliphatic rings. The third-order valence-corrected chi connectivity index (χ3v) is 2.22. The minimum atomic E-state index is 0. The molecule has 6 heteroatoms. The van der Waals surface area contributed by atoms with Gasteiger partial charge in [-0.2, -0.15) is 0 Å². The van der Waals surface area contributed by atoms with E-state index in [0.29, 0.717) is 16.5 Å². The molecule has 0 aromatic carbocycles. The highest BCUT2D eigenvalue weighted by Gasteiger charge is 2.01. The molecule has 0 unspecified atom stereocenters. The van der Waals surface area contributed by atoms with Crippen LogP contribution in [0.4, 0.5) is 0 Å². The maximum Gasteiger partial charge on any atom is 0.150 e. The molecule has 0 aliphatic heterocycles. The summed E-state index contributed by atoms with van der Waals surface area (Å²) in [5.41, 5.74) is 11.5. The number of thiazole rings is 1. The van der Waals surface area contributed by atoms with E-state index in [-0.39, 0.29) is 12.4 Å². The zero-order valence-corrected chi connectivity index (χ0v) is 8.06. The van der Waals surface area contributed by atoms with Crippen LogP contribution in [0.15, 0.2) is 5.38 Å². The lowest BCUT2D eigenvalue weighted by Gasteiger charge is -1.86. The van der Waals surface area contributed by atoms with Crippen LogP contribution in [0.2, 0.25) is 0 Å². The second kappa shape index (κ2) is 4.61. The second-order valence-electron chi connectivity index (χ2n) is 1.71. The predicted molar refractivity (Wildman–Crippen MR) is 53.1 cm³/mol. The van der Waals surface area contributed by atoms with Gasteiger partial charge < -0.3 is 11.5 Å². The van der Waals surface area contributed by atoms with Crippen LogP contribution in [0.5, 0.6) is 0 Å². The van der Waals surface area contributed by atoms with E-state index in [1.54, 1.807) is 0 Å². The van der Waals surface area contributed by atoms with E-state index < -0.39 is 0 Å². The number of hydrogen-bond acceptors (Lipinski definition) is 4.